The van der Waals surface area contributed by atoms with Crippen LogP contribution in [0.5, 0.6) is 0 Å². The molecule has 2 fully saturated rings. The smallest absolute Gasteiger partial charge is 0.223 e. The van der Waals surface area contributed by atoms with Gasteiger partial charge in [0.25, 0.3) is 0 Å². The average molecular weight is 354 g/mol. The summed E-state index contributed by atoms with van der Waals surface area (Å²) >= 11 is 0. The molecule has 0 aromatic carbocycles. The van der Waals surface area contributed by atoms with Crippen LogP contribution in [-0.4, -0.2) is 49.3 Å². The minimum Gasteiger partial charge on any atom is -0.339 e. The third kappa shape index (κ3) is 2.84. The Morgan fingerprint density at radius 2 is 2.15 bits per heavy atom. The molecule has 138 valence electrons. The van der Waals surface area contributed by atoms with E-state index in [1.54, 1.807) is 0 Å². The second-order valence-corrected chi connectivity index (χ2v) is 7.88. The van der Waals surface area contributed by atoms with Crippen molar-refractivity contribution in [2.45, 2.75) is 57.8 Å². The largest absolute Gasteiger partial charge is 0.339 e. The summed E-state index contributed by atoms with van der Waals surface area (Å²) in [5.41, 5.74) is 2.15. The van der Waals surface area contributed by atoms with Crippen LogP contribution in [0.1, 0.15) is 37.8 Å². The van der Waals surface area contributed by atoms with Crippen molar-refractivity contribution in [3.05, 3.63) is 24.2 Å². The SMILES string of the molecule is O=C1CC(Cn2ccnc2-c2cc3n(n2)CCNC3)CN1C1CCCC1. The van der Waals surface area contributed by atoms with E-state index in [0.29, 0.717) is 24.3 Å². The first-order chi connectivity index (χ1) is 12.8. The Bertz CT molecular complexity index is 779. The van der Waals surface area contributed by atoms with Crippen LogP contribution in [0, 0.1) is 5.92 Å². The number of nitrogens with one attached hydrogen (secondary N) is 1. The van der Waals surface area contributed by atoms with Crippen molar-refractivity contribution < 1.29 is 4.79 Å². The zero-order valence-corrected chi connectivity index (χ0v) is 15.1. The number of hydrogen-bond donors (Lipinski definition) is 1. The standard InChI is InChI=1S/C19H26N6O/c26-18-9-14(13-24(18)15-3-1-2-4-15)12-23-7-6-21-19(23)17-10-16-11-20-5-8-25(16)22-17/h6-7,10,14-15,20H,1-5,8-9,11-13H2. The minimum absolute atomic E-state index is 0.340. The first-order valence-corrected chi connectivity index (χ1v) is 9.86. The van der Waals surface area contributed by atoms with Gasteiger partial charge in [0.2, 0.25) is 5.91 Å². The molecule has 2 aliphatic heterocycles. The van der Waals surface area contributed by atoms with Gasteiger partial charge in [-0.3, -0.25) is 9.48 Å². The zero-order chi connectivity index (χ0) is 17.5. The van der Waals surface area contributed by atoms with E-state index in [1.165, 1.54) is 31.4 Å². The molecule has 1 N–H and O–H groups in total. The number of fused-ring (bicyclic) bond motifs is 1. The van der Waals surface area contributed by atoms with Gasteiger partial charge in [0.1, 0.15) is 5.69 Å². The van der Waals surface area contributed by atoms with Crippen molar-refractivity contribution in [2.24, 2.45) is 5.92 Å². The van der Waals surface area contributed by atoms with Gasteiger partial charge in [0, 0.05) is 57.0 Å². The van der Waals surface area contributed by atoms with E-state index < -0.39 is 0 Å². The van der Waals surface area contributed by atoms with Crippen molar-refractivity contribution in [1.29, 1.82) is 0 Å². The molecule has 0 bridgehead atoms. The molecule has 3 aliphatic rings. The van der Waals surface area contributed by atoms with E-state index in [1.807, 2.05) is 12.4 Å². The maximum atomic E-state index is 12.5. The van der Waals surface area contributed by atoms with Crippen molar-refractivity contribution >= 4 is 5.91 Å². The highest BCUT2D eigenvalue weighted by atomic mass is 16.2. The van der Waals surface area contributed by atoms with Crippen molar-refractivity contribution in [1.82, 2.24) is 29.5 Å². The quantitative estimate of drug-likeness (QED) is 0.906. The molecule has 1 saturated heterocycles. The van der Waals surface area contributed by atoms with Crippen LogP contribution in [0.2, 0.25) is 0 Å². The third-order valence-corrected chi connectivity index (χ3v) is 6.07. The number of carbonyl (C=O) groups excluding carboxylic acids is 1. The Morgan fingerprint density at radius 3 is 3.00 bits per heavy atom. The summed E-state index contributed by atoms with van der Waals surface area (Å²) in [6.45, 7) is 4.46. The number of rotatable bonds is 4. The summed E-state index contributed by atoms with van der Waals surface area (Å²) in [4.78, 5) is 19.2. The van der Waals surface area contributed by atoms with Gasteiger partial charge < -0.3 is 14.8 Å². The van der Waals surface area contributed by atoms with E-state index in [2.05, 4.69) is 30.5 Å². The lowest BCUT2D eigenvalue weighted by atomic mass is 10.1. The molecule has 1 unspecified atom stereocenters. The Hall–Kier alpha value is -2.15. The van der Waals surface area contributed by atoms with Crippen molar-refractivity contribution in [3.8, 4) is 11.5 Å². The summed E-state index contributed by atoms with van der Waals surface area (Å²) in [6, 6.07) is 2.62. The van der Waals surface area contributed by atoms with Crippen molar-refractivity contribution in [2.75, 3.05) is 13.1 Å². The fourth-order valence-corrected chi connectivity index (χ4v) is 4.77. The molecular weight excluding hydrogens is 328 g/mol. The summed E-state index contributed by atoms with van der Waals surface area (Å²) < 4.78 is 4.25. The molecule has 2 aromatic heterocycles. The van der Waals surface area contributed by atoms with Crippen LogP contribution in [-0.2, 0) is 24.4 Å². The first-order valence-electron chi connectivity index (χ1n) is 9.86. The predicted octanol–water partition coefficient (Wildman–Crippen LogP) is 1.64. The van der Waals surface area contributed by atoms with Crippen LogP contribution >= 0.6 is 0 Å². The number of aromatic nitrogens is 4. The molecule has 1 aliphatic carbocycles. The van der Waals surface area contributed by atoms with Gasteiger partial charge in [-0.05, 0) is 18.9 Å². The topological polar surface area (TPSA) is 68.0 Å². The van der Waals surface area contributed by atoms with Crippen LogP contribution in [0.4, 0.5) is 0 Å². The maximum Gasteiger partial charge on any atom is 0.223 e. The maximum absolute atomic E-state index is 12.5. The van der Waals surface area contributed by atoms with E-state index >= 15 is 0 Å². The van der Waals surface area contributed by atoms with Crippen molar-refractivity contribution in [3.63, 3.8) is 0 Å². The molecule has 2 aromatic rings. The average Bonchev–Trinajstić information content (AvgIpc) is 3.41. The fraction of sp³-hybridized carbons (Fsp3) is 0.632. The Balaban J connectivity index is 1.32. The summed E-state index contributed by atoms with van der Waals surface area (Å²) in [5.74, 6) is 1.63. The Kier molecular flexibility index (Phi) is 4.04. The van der Waals surface area contributed by atoms with E-state index in [4.69, 9.17) is 5.10 Å². The monoisotopic (exact) mass is 354 g/mol. The van der Waals surface area contributed by atoms with Crippen LogP contribution in [0.25, 0.3) is 11.5 Å². The highest BCUT2D eigenvalue weighted by Crippen LogP contribution is 2.30. The number of imidazole rings is 1. The second kappa shape index (κ2) is 6.54. The molecule has 4 heterocycles. The molecule has 5 rings (SSSR count). The van der Waals surface area contributed by atoms with Gasteiger partial charge in [-0.2, -0.15) is 5.10 Å². The number of hydrogen-bond acceptors (Lipinski definition) is 4. The van der Waals surface area contributed by atoms with Gasteiger partial charge in [-0.15, -0.1) is 0 Å². The fourth-order valence-electron chi connectivity index (χ4n) is 4.77. The molecule has 0 spiro atoms. The molecule has 0 radical (unpaired) electrons. The molecule has 7 nitrogen and oxygen atoms in total. The van der Waals surface area contributed by atoms with Gasteiger partial charge in [-0.1, -0.05) is 12.8 Å². The van der Waals surface area contributed by atoms with Gasteiger partial charge >= 0.3 is 0 Å². The Morgan fingerprint density at radius 1 is 1.27 bits per heavy atom. The number of amides is 1. The van der Waals surface area contributed by atoms with E-state index in [-0.39, 0.29) is 0 Å². The summed E-state index contributed by atoms with van der Waals surface area (Å²) in [6.07, 6.45) is 9.44. The molecule has 7 heteroatoms. The molecule has 1 saturated carbocycles. The number of nitrogens with zero attached hydrogens (tertiary/aromatic N) is 5. The Labute approximate surface area is 153 Å². The predicted molar refractivity (Wildman–Crippen MR) is 97.2 cm³/mol. The van der Waals surface area contributed by atoms with Gasteiger partial charge in [0.05, 0.1) is 12.2 Å². The number of likely N-dealkylation sites (tertiary alicyclic amines) is 1. The normalized spacial score (nSPS) is 23.8. The van der Waals surface area contributed by atoms with Gasteiger partial charge in [0.15, 0.2) is 5.82 Å². The molecule has 1 atom stereocenters. The molecule has 26 heavy (non-hydrogen) atoms. The highest BCUT2D eigenvalue weighted by Gasteiger charge is 2.35. The van der Waals surface area contributed by atoms with E-state index in [0.717, 1.165) is 44.2 Å². The second-order valence-electron chi connectivity index (χ2n) is 7.88. The van der Waals surface area contributed by atoms with Crippen LogP contribution in [0.3, 0.4) is 0 Å². The zero-order valence-electron chi connectivity index (χ0n) is 15.1. The van der Waals surface area contributed by atoms with Crippen LogP contribution < -0.4 is 5.32 Å². The third-order valence-electron chi connectivity index (χ3n) is 6.07. The lowest BCUT2D eigenvalue weighted by molar-refractivity contribution is -0.129. The summed E-state index contributed by atoms with van der Waals surface area (Å²) in [7, 11) is 0. The van der Waals surface area contributed by atoms with E-state index in [9.17, 15) is 4.79 Å². The number of carbonyl (C=O) groups is 1. The molecular formula is C19H26N6O. The lowest BCUT2D eigenvalue weighted by Crippen LogP contribution is -2.34. The minimum atomic E-state index is 0.340. The highest BCUT2D eigenvalue weighted by molar-refractivity contribution is 5.79. The van der Waals surface area contributed by atoms with Crippen LogP contribution in [0.15, 0.2) is 18.5 Å². The molecule has 1 amide bonds. The first kappa shape index (κ1) is 16.1. The lowest BCUT2D eigenvalue weighted by Gasteiger charge is -2.24. The summed E-state index contributed by atoms with van der Waals surface area (Å²) in [5, 5.41) is 8.12. The van der Waals surface area contributed by atoms with Gasteiger partial charge in [-0.25, -0.2) is 4.98 Å².